The summed E-state index contributed by atoms with van der Waals surface area (Å²) in [6, 6.07) is 5.79. The van der Waals surface area contributed by atoms with Crippen molar-refractivity contribution in [2.24, 2.45) is 0 Å². The predicted octanol–water partition coefficient (Wildman–Crippen LogP) is 3.64. The summed E-state index contributed by atoms with van der Waals surface area (Å²) in [5, 5.41) is 0. The van der Waals surface area contributed by atoms with Gasteiger partial charge in [0.1, 0.15) is 11.5 Å². The van der Waals surface area contributed by atoms with Gasteiger partial charge in [-0.1, -0.05) is 32.1 Å². The van der Waals surface area contributed by atoms with E-state index < -0.39 is 0 Å². The van der Waals surface area contributed by atoms with Crippen LogP contribution in [0.2, 0.25) is 0 Å². The second kappa shape index (κ2) is 7.62. The maximum Gasteiger partial charge on any atom is 0.138 e. The minimum absolute atomic E-state index is 0.750. The van der Waals surface area contributed by atoms with Gasteiger partial charge < -0.3 is 9.47 Å². The molecule has 2 heteroatoms. The summed E-state index contributed by atoms with van der Waals surface area (Å²) in [6.45, 7) is 4.93. The van der Waals surface area contributed by atoms with Crippen molar-refractivity contribution >= 4 is 0 Å². The molecule has 0 heterocycles. The van der Waals surface area contributed by atoms with Gasteiger partial charge in [0.05, 0.1) is 19.3 Å². The average molecular weight is 232 g/mol. The molecule has 1 aromatic carbocycles. The minimum Gasteiger partial charge on any atom is -0.495 e. The van der Waals surface area contributed by atoms with E-state index in [2.05, 4.69) is 18.8 Å². The topological polar surface area (TPSA) is 18.5 Å². The summed E-state index contributed by atoms with van der Waals surface area (Å²) in [4.78, 5) is 0. The van der Waals surface area contributed by atoms with E-state index in [0.29, 0.717) is 0 Å². The number of ether oxygens (including phenoxy) is 2. The summed E-state index contributed by atoms with van der Waals surface area (Å²) in [6.07, 6.45) is 3.05. The van der Waals surface area contributed by atoms with Crippen LogP contribution in [-0.2, 0) is 0 Å². The maximum atomic E-state index is 5.62. The molecule has 0 radical (unpaired) electrons. The van der Waals surface area contributed by atoms with Crippen LogP contribution in [0.15, 0.2) is 18.2 Å². The Morgan fingerprint density at radius 2 is 2.06 bits per heavy atom. The van der Waals surface area contributed by atoms with Crippen LogP contribution in [0.25, 0.3) is 0 Å². The zero-order valence-corrected chi connectivity index (χ0v) is 10.9. The van der Waals surface area contributed by atoms with Gasteiger partial charge in [-0.3, -0.25) is 0 Å². The molecule has 0 fully saturated rings. The summed E-state index contributed by atoms with van der Waals surface area (Å²) in [5.41, 5.74) is 0.914. The van der Waals surface area contributed by atoms with Gasteiger partial charge >= 0.3 is 0 Å². The second-order valence-corrected chi connectivity index (χ2v) is 3.72. The monoisotopic (exact) mass is 232 g/mol. The molecule has 0 unspecified atom stereocenters. The minimum atomic E-state index is 0.750. The molecule has 0 aliphatic rings. The quantitative estimate of drug-likeness (QED) is 0.570. The van der Waals surface area contributed by atoms with Crippen LogP contribution < -0.4 is 9.47 Å². The third-order valence-corrected chi connectivity index (χ3v) is 2.34. The van der Waals surface area contributed by atoms with E-state index in [-0.39, 0.29) is 0 Å². The molecule has 17 heavy (non-hydrogen) atoms. The molecule has 0 amide bonds. The fraction of sp³-hybridized carbons (Fsp3) is 0.467. The molecule has 2 nitrogen and oxygen atoms in total. The smallest absolute Gasteiger partial charge is 0.138 e. The summed E-state index contributed by atoms with van der Waals surface area (Å²) in [7, 11) is 1.66. The lowest BCUT2D eigenvalue weighted by Crippen LogP contribution is -1.97. The maximum absolute atomic E-state index is 5.62. The van der Waals surface area contributed by atoms with E-state index >= 15 is 0 Å². The Balaban J connectivity index is 2.77. The molecule has 0 aliphatic carbocycles. The molecular weight excluding hydrogens is 212 g/mol. The zero-order chi connectivity index (χ0) is 12.5. The van der Waals surface area contributed by atoms with Crippen LogP contribution in [-0.4, -0.2) is 13.7 Å². The lowest BCUT2D eigenvalue weighted by atomic mass is 10.2. The zero-order valence-electron chi connectivity index (χ0n) is 10.9. The molecule has 0 saturated carbocycles. The van der Waals surface area contributed by atoms with Crippen molar-refractivity contribution in [2.75, 3.05) is 13.7 Å². The summed E-state index contributed by atoms with van der Waals surface area (Å²) >= 11 is 0. The fourth-order valence-electron chi connectivity index (χ4n) is 1.38. The van der Waals surface area contributed by atoms with Crippen LogP contribution in [0, 0.1) is 11.8 Å². The number of hydrogen-bond acceptors (Lipinski definition) is 2. The van der Waals surface area contributed by atoms with E-state index in [0.717, 1.165) is 42.9 Å². The van der Waals surface area contributed by atoms with Crippen molar-refractivity contribution in [3.63, 3.8) is 0 Å². The summed E-state index contributed by atoms with van der Waals surface area (Å²) < 4.78 is 10.9. The van der Waals surface area contributed by atoms with Gasteiger partial charge in [0.2, 0.25) is 0 Å². The lowest BCUT2D eigenvalue weighted by molar-refractivity contribution is 0.307. The van der Waals surface area contributed by atoms with Crippen molar-refractivity contribution in [1.82, 2.24) is 0 Å². The first kappa shape index (κ1) is 13.4. The van der Waals surface area contributed by atoms with Crippen molar-refractivity contribution in [3.8, 4) is 23.3 Å². The predicted molar refractivity (Wildman–Crippen MR) is 70.6 cm³/mol. The third-order valence-electron chi connectivity index (χ3n) is 2.34. The first-order valence-corrected chi connectivity index (χ1v) is 6.11. The Hall–Kier alpha value is -1.62. The van der Waals surface area contributed by atoms with Gasteiger partial charge in [0, 0.05) is 12.5 Å². The van der Waals surface area contributed by atoms with Gasteiger partial charge in [-0.2, -0.15) is 0 Å². The Morgan fingerprint density at radius 3 is 2.71 bits per heavy atom. The highest BCUT2D eigenvalue weighted by Crippen LogP contribution is 2.24. The van der Waals surface area contributed by atoms with Gasteiger partial charge in [0.15, 0.2) is 0 Å². The molecule has 0 aliphatic heterocycles. The van der Waals surface area contributed by atoms with Crippen LogP contribution in [0.1, 0.15) is 38.7 Å². The van der Waals surface area contributed by atoms with Gasteiger partial charge in [-0.05, 0) is 18.6 Å². The standard InChI is InChI=1S/C15H20O2/c1-4-6-8-13-9-10-14(12-15(13)16-3)17-11-7-5-2/h9-10,12H,4-5,7,11H2,1-3H3. The lowest BCUT2D eigenvalue weighted by Gasteiger charge is -2.08. The number of benzene rings is 1. The molecule has 1 rings (SSSR count). The molecular formula is C15H20O2. The number of unbranched alkanes of at least 4 members (excludes halogenated alkanes) is 1. The highest BCUT2D eigenvalue weighted by atomic mass is 16.5. The molecule has 0 N–H and O–H groups in total. The molecule has 0 atom stereocenters. The highest BCUT2D eigenvalue weighted by Gasteiger charge is 2.02. The van der Waals surface area contributed by atoms with Crippen molar-refractivity contribution in [1.29, 1.82) is 0 Å². The van der Waals surface area contributed by atoms with Crippen molar-refractivity contribution in [3.05, 3.63) is 23.8 Å². The first-order valence-electron chi connectivity index (χ1n) is 6.11. The van der Waals surface area contributed by atoms with E-state index in [1.807, 2.05) is 25.1 Å². The number of rotatable bonds is 5. The van der Waals surface area contributed by atoms with Crippen LogP contribution in [0.4, 0.5) is 0 Å². The Labute approximate surface area is 104 Å². The van der Waals surface area contributed by atoms with Crippen molar-refractivity contribution < 1.29 is 9.47 Å². The average Bonchev–Trinajstić information content (AvgIpc) is 2.37. The normalized spacial score (nSPS) is 9.35. The fourth-order valence-corrected chi connectivity index (χ4v) is 1.38. The van der Waals surface area contributed by atoms with E-state index in [4.69, 9.17) is 9.47 Å². The van der Waals surface area contributed by atoms with Crippen LogP contribution >= 0.6 is 0 Å². The Kier molecular flexibility index (Phi) is 6.03. The highest BCUT2D eigenvalue weighted by molar-refractivity contribution is 5.49. The molecule has 0 spiro atoms. The van der Waals surface area contributed by atoms with E-state index in [1.54, 1.807) is 7.11 Å². The van der Waals surface area contributed by atoms with Gasteiger partial charge in [-0.15, -0.1) is 0 Å². The third kappa shape index (κ3) is 4.40. The number of hydrogen-bond donors (Lipinski definition) is 0. The van der Waals surface area contributed by atoms with E-state index in [1.165, 1.54) is 0 Å². The Bertz CT molecular complexity index is 399. The molecule has 1 aromatic rings. The van der Waals surface area contributed by atoms with Crippen LogP contribution in [0.3, 0.4) is 0 Å². The van der Waals surface area contributed by atoms with Gasteiger partial charge in [0.25, 0.3) is 0 Å². The molecule has 0 saturated heterocycles. The largest absolute Gasteiger partial charge is 0.495 e. The number of methoxy groups -OCH3 is 1. The molecule has 92 valence electrons. The SMILES string of the molecule is CCC#Cc1ccc(OCCCC)cc1OC. The van der Waals surface area contributed by atoms with Crippen molar-refractivity contribution in [2.45, 2.75) is 33.1 Å². The van der Waals surface area contributed by atoms with Gasteiger partial charge in [-0.25, -0.2) is 0 Å². The second-order valence-electron chi connectivity index (χ2n) is 3.72. The molecule has 0 bridgehead atoms. The Morgan fingerprint density at radius 1 is 1.24 bits per heavy atom. The summed E-state index contributed by atoms with van der Waals surface area (Å²) in [5.74, 6) is 7.74. The van der Waals surface area contributed by atoms with E-state index in [9.17, 15) is 0 Å². The van der Waals surface area contributed by atoms with Crippen LogP contribution in [0.5, 0.6) is 11.5 Å². The first-order chi connectivity index (χ1) is 8.31. The molecule has 0 aromatic heterocycles.